The minimum Gasteiger partial charge on any atom is -0.571 e. The van der Waals surface area contributed by atoms with Crippen molar-refractivity contribution in [3.8, 4) is 5.75 Å². The van der Waals surface area contributed by atoms with Gasteiger partial charge in [-0.25, -0.2) is 0 Å². The third kappa shape index (κ3) is 3.52. The molecule has 0 bridgehead atoms. The molecule has 1 fully saturated rings. The number of nitrogens with zero attached hydrogens (tertiary/aromatic N) is 5. The average molecular weight is 473 g/mol. The van der Waals surface area contributed by atoms with Crippen molar-refractivity contribution in [3.63, 3.8) is 0 Å². The summed E-state index contributed by atoms with van der Waals surface area (Å²) in [7, 11) is 0. The Morgan fingerprint density at radius 3 is 2.54 bits per heavy atom. The largest absolute Gasteiger partial charge is 0.571 e. The van der Waals surface area contributed by atoms with Crippen LogP contribution in [0.15, 0.2) is 42.5 Å². The molecule has 3 aromatic rings. The number of carbonyl (C=O) groups is 3. The Hall–Kier alpha value is -4.21. The van der Waals surface area contributed by atoms with Crippen molar-refractivity contribution < 1.29 is 24.1 Å². The van der Waals surface area contributed by atoms with Gasteiger partial charge >= 0.3 is 0 Å². The Labute approximate surface area is 200 Å². The van der Waals surface area contributed by atoms with Crippen molar-refractivity contribution >= 4 is 23.2 Å². The van der Waals surface area contributed by atoms with E-state index in [0.29, 0.717) is 26.2 Å². The van der Waals surface area contributed by atoms with E-state index in [9.17, 15) is 19.6 Å². The van der Waals surface area contributed by atoms with Crippen LogP contribution >= 0.6 is 0 Å². The van der Waals surface area contributed by atoms with E-state index in [0.717, 1.165) is 29.1 Å². The highest BCUT2D eigenvalue weighted by atomic mass is 16.5. The average Bonchev–Trinajstić information content (AvgIpc) is 3.49. The highest BCUT2D eigenvalue weighted by Crippen LogP contribution is 2.30. The number of aromatic nitrogens is 3. The van der Waals surface area contributed by atoms with Gasteiger partial charge in [0.15, 0.2) is 5.69 Å². The van der Waals surface area contributed by atoms with E-state index in [1.807, 2.05) is 0 Å². The number of anilines is 1. The number of hydrogen-bond acceptors (Lipinski definition) is 7. The van der Waals surface area contributed by atoms with Gasteiger partial charge in [0.2, 0.25) is 23.2 Å². The van der Waals surface area contributed by atoms with Crippen LogP contribution in [0.5, 0.6) is 5.75 Å². The summed E-state index contributed by atoms with van der Waals surface area (Å²) in [5, 5.41) is 16.2. The lowest BCUT2D eigenvalue weighted by Crippen LogP contribution is -2.49. The van der Waals surface area contributed by atoms with Gasteiger partial charge in [0, 0.05) is 65.5 Å². The first-order valence-electron chi connectivity index (χ1n) is 11.7. The normalized spacial score (nSPS) is 16.6. The topological polar surface area (TPSA) is 112 Å². The molecule has 0 radical (unpaired) electrons. The van der Waals surface area contributed by atoms with Gasteiger partial charge in [-0.2, -0.15) is 0 Å². The summed E-state index contributed by atoms with van der Waals surface area (Å²) < 4.78 is 6.76. The lowest BCUT2D eigenvalue weighted by atomic mass is 9.90. The van der Waals surface area contributed by atoms with Crippen LogP contribution in [0.4, 0.5) is 5.69 Å². The van der Waals surface area contributed by atoms with Crippen molar-refractivity contribution in [2.45, 2.75) is 19.4 Å². The van der Waals surface area contributed by atoms with Crippen LogP contribution in [0.3, 0.4) is 0 Å². The summed E-state index contributed by atoms with van der Waals surface area (Å²) in [5.41, 5.74) is 2.57. The fourth-order valence-electron chi connectivity index (χ4n) is 5.03. The minimum absolute atomic E-state index is 0.0286. The van der Waals surface area contributed by atoms with E-state index in [1.54, 1.807) is 29.2 Å². The second kappa shape index (κ2) is 8.23. The standard InChI is InChI=1S/C25H23N5O5/c31-21(28-12-10-27(11-13-28)17-6-5-16-8-14-35-20(16)15-17)7-9-29-23-22(26-30(29)34)24(32)18-3-1-2-4-19(18)25(23)33/h1-6,15H,7-14H2. The van der Waals surface area contributed by atoms with Gasteiger partial charge in [0.05, 0.1) is 19.6 Å². The van der Waals surface area contributed by atoms with Crippen molar-refractivity contribution in [2.75, 3.05) is 37.7 Å². The summed E-state index contributed by atoms with van der Waals surface area (Å²) in [4.78, 5) is 42.9. The van der Waals surface area contributed by atoms with Crippen LogP contribution in [0.25, 0.3) is 0 Å². The Morgan fingerprint density at radius 1 is 1.03 bits per heavy atom. The number of ketones is 2. The molecule has 6 rings (SSSR count). The predicted molar refractivity (Wildman–Crippen MR) is 124 cm³/mol. The number of benzene rings is 2. The molecule has 1 saturated heterocycles. The molecule has 3 heterocycles. The number of hydrogen-bond donors (Lipinski definition) is 0. The molecule has 178 valence electrons. The lowest BCUT2D eigenvalue weighted by molar-refractivity contribution is -0.749. The maximum atomic E-state index is 13.0. The van der Waals surface area contributed by atoms with Gasteiger partial charge in [0.25, 0.3) is 0 Å². The van der Waals surface area contributed by atoms with Crippen LogP contribution < -0.4 is 14.6 Å². The molecule has 2 aliphatic heterocycles. The maximum absolute atomic E-state index is 13.0. The van der Waals surface area contributed by atoms with Crippen molar-refractivity contribution in [2.24, 2.45) is 0 Å². The minimum atomic E-state index is -0.460. The number of fused-ring (bicyclic) bond motifs is 3. The van der Waals surface area contributed by atoms with Crippen LogP contribution in [0.2, 0.25) is 0 Å². The van der Waals surface area contributed by atoms with Gasteiger partial charge in [-0.05, 0) is 11.6 Å². The fraction of sp³-hybridized carbons (Fsp3) is 0.320. The van der Waals surface area contributed by atoms with Gasteiger partial charge in [0.1, 0.15) is 5.75 Å². The van der Waals surface area contributed by atoms with Crippen LogP contribution in [0, 0.1) is 5.21 Å². The first-order valence-corrected chi connectivity index (χ1v) is 11.7. The molecule has 2 aromatic carbocycles. The summed E-state index contributed by atoms with van der Waals surface area (Å²) in [6, 6.07) is 12.7. The summed E-state index contributed by atoms with van der Waals surface area (Å²) in [5.74, 6) is -0.0692. The summed E-state index contributed by atoms with van der Waals surface area (Å²) in [6.07, 6.45) is 0.967. The second-order valence-electron chi connectivity index (χ2n) is 8.89. The number of amides is 1. The molecular formula is C25H23N5O5. The van der Waals surface area contributed by atoms with Crippen molar-refractivity contribution in [3.05, 3.63) is 75.8 Å². The zero-order valence-corrected chi connectivity index (χ0v) is 19.0. The fourth-order valence-corrected chi connectivity index (χ4v) is 5.03. The predicted octanol–water partition coefficient (Wildman–Crippen LogP) is 0.966. The molecule has 1 aliphatic carbocycles. The highest BCUT2D eigenvalue weighted by molar-refractivity contribution is 6.26. The number of piperazine rings is 1. The van der Waals surface area contributed by atoms with Crippen LogP contribution in [0.1, 0.15) is 44.1 Å². The van der Waals surface area contributed by atoms with E-state index < -0.39 is 11.6 Å². The smallest absolute Gasteiger partial charge is 0.224 e. The van der Waals surface area contributed by atoms with Crippen molar-refractivity contribution in [1.82, 2.24) is 14.7 Å². The third-order valence-corrected chi connectivity index (χ3v) is 6.94. The first-order chi connectivity index (χ1) is 17.0. The van der Waals surface area contributed by atoms with Crippen LogP contribution in [-0.2, 0) is 17.8 Å². The maximum Gasteiger partial charge on any atom is 0.224 e. The van der Waals surface area contributed by atoms with Crippen LogP contribution in [-0.4, -0.2) is 64.9 Å². The van der Waals surface area contributed by atoms with E-state index in [-0.39, 0.29) is 46.3 Å². The van der Waals surface area contributed by atoms with Crippen molar-refractivity contribution in [1.29, 1.82) is 0 Å². The molecule has 0 atom stereocenters. The van der Waals surface area contributed by atoms with E-state index in [2.05, 4.69) is 28.2 Å². The molecule has 10 heteroatoms. The van der Waals surface area contributed by atoms with Gasteiger partial charge < -0.3 is 19.7 Å². The molecule has 35 heavy (non-hydrogen) atoms. The molecule has 0 unspecified atom stereocenters. The Morgan fingerprint density at radius 2 is 1.77 bits per heavy atom. The van der Waals surface area contributed by atoms with E-state index >= 15 is 0 Å². The Balaban J connectivity index is 1.12. The molecule has 3 aliphatic rings. The van der Waals surface area contributed by atoms with E-state index in [4.69, 9.17) is 4.74 Å². The quantitative estimate of drug-likeness (QED) is 0.321. The zero-order chi connectivity index (χ0) is 24.1. The number of carbonyl (C=O) groups excluding carboxylic acids is 3. The number of rotatable bonds is 4. The SMILES string of the molecule is O=C1c2ccccc2C(=O)c2c1n[n+]([O-])n2CCC(=O)N1CCN(c2ccc3c(c2)OCC3)CC1. The van der Waals surface area contributed by atoms with Gasteiger partial charge in [-0.3, -0.25) is 14.4 Å². The monoisotopic (exact) mass is 473 g/mol. The van der Waals surface area contributed by atoms with Gasteiger partial charge in [-0.1, -0.05) is 30.3 Å². The van der Waals surface area contributed by atoms with E-state index in [1.165, 1.54) is 5.56 Å². The Kier molecular flexibility index (Phi) is 5.01. The van der Waals surface area contributed by atoms with Gasteiger partial charge in [-0.15, -0.1) is 4.68 Å². The molecule has 0 saturated carbocycles. The molecule has 0 N–H and O–H groups in total. The second-order valence-corrected chi connectivity index (χ2v) is 8.89. The lowest BCUT2D eigenvalue weighted by Gasteiger charge is -2.36. The summed E-state index contributed by atoms with van der Waals surface area (Å²) in [6.45, 7) is 3.18. The Bertz CT molecular complexity index is 1370. The summed E-state index contributed by atoms with van der Waals surface area (Å²) >= 11 is 0. The third-order valence-electron chi connectivity index (χ3n) is 6.94. The molecule has 0 spiro atoms. The zero-order valence-electron chi connectivity index (χ0n) is 19.0. The number of ether oxygens (including phenoxy) is 1. The first kappa shape index (κ1) is 21.3. The highest BCUT2D eigenvalue weighted by Gasteiger charge is 2.39. The molecule has 1 aromatic heterocycles. The molecule has 1 amide bonds. The molecule has 10 nitrogen and oxygen atoms in total. The molecular weight excluding hydrogens is 450 g/mol.